The third-order valence-corrected chi connectivity index (χ3v) is 3.20. The van der Waals surface area contributed by atoms with Crippen molar-refractivity contribution in [1.29, 1.82) is 0 Å². The van der Waals surface area contributed by atoms with Crippen LogP contribution >= 0.6 is 11.6 Å². The van der Waals surface area contributed by atoms with Gasteiger partial charge in [-0.15, -0.1) is 0 Å². The number of fused-ring (bicyclic) bond motifs is 1. The normalized spacial score (nSPS) is 11.0. The molecule has 2 N–H and O–H groups in total. The largest absolute Gasteiger partial charge is 0.394 e. The molecule has 1 amide bonds. The molecule has 114 valence electrons. The van der Waals surface area contributed by atoms with Gasteiger partial charge in [-0.05, 0) is 18.6 Å². The van der Waals surface area contributed by atoms with E-state index >= 15 is 0 Å². The van der Waals surface area contributed by atoms with Crippen LogP contribution < -0.4 is 5.32 Å². The van der Waals surface area contributed by atoms with E-state index in [1.807, 2.05) is 6.92 Å². The molecule has 2 aromatic rings. The zero-order valence-corrected chi connectivity index (χ0v) is 12.6. The average molecular weight is 312 g/mol. The highest BCUT2D eigenvalue weighted by molar-refractivity contribution is 6.30. The number of carbonyl (C=O) groups excluding carboxylic acids is 1. The summed E-state index contributed by atoms with van der Waals surface area (Å²) in [6.45, 7) is 2.91. The number of aliphatic hydroxyl groups is 1. The Balaban J connectivity index is 2.15. The minimum atomic E-state index is -0.214. The van der Waals surface area contributed by atoms with Gasteiger partial charge in [-0.3, -0.25) is 9.20 Å². The summed E-state index contributed by atoms with van der Waals surface area (Å²) in [5.74, 6) is -0.214. The van der Waals surface area contributed by atoms with Gasteiger partial charge in [-0.25, -0.2) is 4.98 Å². The van der Waals surface area contributed by atoms with Gasteiger partial charge in [0.05, 0.1) is 30.5 Å². The van der Waals surface area contributed by atoms with E-state index in [1.165, 1.54) is 0 Å². The number of nitrogens with zero attached hydrogens (tertiary/aromatic N) is 2. The number of ether oxygens (including phenoxy) is 1. The van der Waals surface area contributed by atoms with Crippen molar-refractivity contribution in [3.8, 4) is 0 Å². The first-order valence-corrected chi connectivity index (χ1v) is 7.18. The Morgan fingerprint density at radius 1 is 1.48 bits per heavy atom. The molecule has 0 aliphatic carbocycles. The van der Waals surface area contributed by atoms with Crippen LogP contribution in [0.3, 0.4) is 0 Å². The first kappa shape index (κ1) is 15.8. The molecule has 0 radical (unpaired) electrons. The molecule has 0 saturated carbocycles. The number of aryl methyl sites for hydroxylation is 1. The van der Waals surface area contributed by atoms with Crippen LogP contribution in [-0.2, 0) is 11.2 Å². The predicted octanol–water partition coefficient (Wildman–Crippen LogP) is 1.29. The van der Waals surface area contributed by atoms with Gasteiger partial charge in [0.2, 0.25) is 0 Å². The van der Waals surface area contributed by atoms with Crippen LogP contribution in [0.5, 0.6) is 0 Å². The Kier molecular flexibility index (Phi) is 5.55. The molecule has 0 aliphatic rings. The molecular formula is C14H18ClN3O3. The number of aliphatic hydroxyl groups excluding tert-OH is 1. The maximum Gasteiger partial charge on any atom is 0.270 e. The standard InChI is InChI=1S/C14H18ClN3O3/c1-2-11-13(14(20)16-5-7-21-8-6-19)18-9-10(15)3-4-12(18)17-11/h3-4,9,19H,2,5-8H2,1H3,(H,16,20). The summed E-state index contributed by atoms with van der Waals surface area (Å²) in [4.78, 5) is 16.8. The first-order chi connectivity index (χ1) is 10.2. The molecule has 2 heterocycles. The van der Waals surface area contributed by atoms with Crippen LogP contribution in [0, 0.1) is 0 Å². The monoisotopic (exact) mass is 311 g/mol. The third-order valence-electron chi connectivity index (χ3n) is 2.97. The maximum absolute atomic E-state index is 12.3. The summed E-state index contributed by atoms with van der Waals surface area (Å²) in [7, 11) is 0. The van der Waals surface area contributed by atoms with Crippen LogP contribution in [-0.4, -0.2) is 46.8 Å². The van der Waals surface area contributed by atoms with Gasteiger partial charge in [0.25, 0.3) is 5.91 Å². The molecule has 21 heavy (non-hydrogen) atoms. The number of hydrogen-bond acceptors (Lipinski definition) is 4. The fraction of sp³-hybridized carbons (Fsp3) is 0.429. The van der Waals surface area contributed by atoms with E-state index in [0.717, 1.165) is 5.69 Å². The van der Waals surface area contributed by atoms with Crippen LogP contribution in [0.2, 0.25) is 5.02 Å². The van der Waals surface area contributed by atoms with E-state index in [9.17, 15) is 4.79 Å². The quantitative estimate of drug-likeness (QED) is 0.756. The Morgan fingerprint density at radius 3 is 3.00 bits per heavy atom. The molecular weight excluding hydrogens is 294 g/mol. The van der Waals surface area contributed by atoms with E-state index in [-0.39, 0.29) is 19.1 Å². The van der Waals surface area contributed by atoms with Crippen molar-refractivity contribution in [1.82, 2.24) is 14.7 Å². The smallest absolute Gasteiger partial charge is 0.270 e. The van der Waals surface area contributed by atoms with Crippen molar-refractivity contribution in [3.05, 3.63) is 34.7 Å². The zero-order chi connectivity index (χ0) is 15.2. The molecule has 0 spiro atoms. The van der Waals surface area contributed by atoms with E-state index in [1.54, 1.807) is 22.7 Å². The summed E-state index contributed by atoms with van der Waals surface area (Å²) >= 11 is 5.99. The number of carbonyl (C=O) groups is 1. The second-order valence-electron chi connectivity index (χ2n) is 4.43. The topological polar surface area (TPSA) is 75.9 Å². The van der Waals surface area contributed by atoms with Crippen molar-refractivity contribution >= 4 is 23.2 Å². The lowest BCUT2D eigenvalue weighted by molar-refractivity contribution is 0.0834. The maximum atomic E-state index is 12.3. The van der Waals surface area contributed by atoms with Crippen LogP contribution in [0.25, 0.3) is 5.65 Å². The first-order valence-electron chi connectivity index (χ1n) is 6.80. The second kappa shape index (κ2) is 7.40. The van der Waals surface area contributed by atoms with Gasteiger partial charge >= 0.3 is 0 Å². The molecule has 0 aliphatic heterocycles. The number of imidazole rings is 1. The molecule has 0 unspecified atom stereocenters. The van der Waals surface area contributed by atoms with Crippen molar-refractivity contribution in [2.24, 2.45) is 0 Å². The number of nitrogens with one attached hydrogen (secondary N) is 1. The second-order valence-corrected chi connectivity index (χ2v) is 4.86. The number of hydrogen-bond donors (Lipinski definition) is 2. The molecule has 0 bridgehead atoms. The molecule has 0 saturated heterocycles. The van der Waals surface area contributed by atoms with Gasteiger partial charge in [0, 0.05) is 12.7 Å². The van der Waals surface area contributed by atoms with Gasteiger partial charge in [-0.2, -0.15) is 0 Å². The SMILES string of the molecule is CCc1nc2ccc(Cl)cn2c1C(=O)NCCOCCO. The Hall–Kier alpha value is -1.63. The van der Waals surface area contributed by atoms with Crippen molar-refractivity contribution < 1.29 is 14.6 Å². The average Bonchev–Trinajstić information content (AvgIpc) is 2.84. The molecule has 2 aromatic heterocycles. The summed E-state index contributed by atoms with van der Waals surface area (Å²) < 4.78 is 6.80. The molecule has 7 heteroatoms. The third kappa shape index (κ3) is 3.72. The fourth-order valence-electron chi connectivity index (χ4n) is 2.04. The van der Waals surface area contributed by atoms with Gasteiger partial charge in [-0.1, -0.05) is 18.5 Å². The van der Waals surface area contributed by atoms with Crippen LogP contribution in [0.15, 0.2) is 18.3 Å². The number of amides is 1. The molecule has 6 nitrogen and oxygen atoms in total. The van der Waals surface area contributed by atoms with Crippen LogP contribution in [0.1, 0.15) is 23.1 Å². The lowest BCUT2D eigenvalue weighted by atomic mass is 10.2. The van der Waals surface area contributed by atoms with E-state index < -0.39 is 0 Å². The lowest BCUT2D eigenvalue weighted by Crippen LogP contribution is -2.29. The van der Waals surface area contributed by atoms with E-state index in [4.69, 9.17) is 21.4 Å². The minimum Gasteiger partial charge on any atom is -0.394 e. The molecule has 0 aromatic carbocycles. The highest BCUT2D eigenvalue weighted by atomic mass is 35.5. The van der Waals surface area contributed by atoms with Crippen molar-refractivity contribution in [2.45, 2.75) is 13.3 Å². The predicted molar refractivity (Wildman–Crippen MR) is 79.8 cm³/mol. The lowest BCUT2D eigenvalue weighted by Gasteiger charge is -2.07. The number of halogens is 1. The van der Waals surface area contributed by atoms with Gasteiger partial charge in [0.1, 0.15) is 11.3 Å². The fourth-order valence-corrected chi connectivity index (χ4v) is 2.20. The Bertz CT molecular complexity index is 627. The van der Waals surface area contributed by atoms with Gasteiger partial charge < -0.3 is 15.2 Å². The zero-order valence-electron chi connectivity index (χ0n) is 11.8. The highest BCUT2D eigenvalue weighted by Gasteiger charge is 2.17. The highest BCUT2D eigenvalue weighted by Crippen LogP contribution is 2.17. The number of rotatable bonds is 7. The van der Waals surface area contributed by atoms with E-state index in [2.05, 4.69) is 10.3 Å². The summed E-state index contributed by atoms with van der Waals surface area (Å²) in [5.41, 5.74) is 1.92. The Labute approximate surface area is 127 Å². The number of pyridine rings is 1. The Morgan fingerprint density at radius 2 is 2.29 bits per heavy atom. The summed E-state index contributed by atoms with van der Waals surface area (Å²) in [5, 5.41) is 11.9. The molecule has 0 atom stereocenters. The van der Waals surface area contributed by atoms with Gasteiger partial charge in [0.15, 0.2) is 0 Å². The van der Waals surface area contributed by atoms with Crippen molar-refractivity contribution in [2.75, 3.05) is 26.4 Å². The number of aromatic nitrogens is 2. The van der Waals surface area contributed by atoms with E-state index in [0.29, 0.717) is 35.9 Å². The van der Waals surface area contributed by atoms with Crippen molar-refractivity contribution in [3.63, 3.8) is 0 Å². The molecule has 2 rings (SSSR count). The minimum absolute atomic E-state index is 0.0281. The van der Waals surface area contributed by atoms with Crippen LogP contribution in [0.4, 0.5) is 0 Å². The molecule has 0 fully saturated rings. The summed E-state index contributed by atoms with van der Waals surface area (Å²) in [6.07, 6.45) is 2.34. The summed E-state index contributed by atoms with van der Waals surface area (Å²) in [6, 6.07) is 3.52.